The van der Waals surface area contributed by atoms with Gasteiger partial charge in [0, 0.05) is 0 Å². The van der Waals surface area contributed by atoms with Crippen molar-refractivity contribution in [2.75, 3.05) is 0 Å². The van der Waals surface area contributed by atoms with Gasteiger partial charge in [0.2, 0.25) is 0 Å². The molecule has 0 aliphatic heterocycles. The predicted octanol–water partition coefficient (Wildman–Crippen LogP) is 9.62. The van der Waals surface area contributed by atoms with E-state index < -0.39 is 22.8 Å². The zero-order valence-electron chi connectivity index (χ0n) is 32.0. The van der Waals surface area contributed by atoms with Crippen molar-refractivity contribution >= 4 is 23.5 Å². The first-order valence-corrected chi connectivity index (χ1v) is 19.5. The first kappa shape index (κ1) is 50.3. The van der Waals surface area contributed by atoms with Gasteiger partial charge < -0.3 is 19.8 Å². The summed E-state index contributed by atoms with van der Waals surface area (Å²) >= 11 is 0. The second kappa shape index (κ2) is 33.4. The molecule has 0 spiro atoms. The van der Waals surface area contributed by atoms with Crippen LogP contribution in [0.15, 0.2) is 0 Å². The van der Waals surface area contributed by atoms with E-state index in [1.807, 2.05) is 0 Å². The summed E-state index contributed by atoms with van der Waals surface area (Å²) in [5, 5.41) is 23.3. The van der Waals surface area contributed by atoms with Crippen LogP contribution in [0.4, 0.5) is 0 Å². The number of carbonyl (C=O) groups excluding carboxylic acids is 4. The van der Waals surface area contributed by atoms with E-state index in [0.29, 0.717) is 25.7 Å². The molecular formula is C40H74O6Zn. The molecule has 0 heterocycles. The number of hydrogen-bond acceptors (Lipinski definition) is 6. The molecule has 0 saturated heterocycles. The first-order valence-electron chi connectivity index (χ1n) is 19.5. The van der Waals surface area contributed by atoms with Crippen LogP contribution >= 0.6 is 0 Å². The van der Waals surface area contributed by atoms with Crippen LogP contribution in [0.2, 0.25) is 0 Å². The maximum absolute atomic E-state index is 12.0. The van der Waals surface area contributed by atoms with Crippen molar-refractivity contribution in [3.8, 4) is 0 Å². The third-order valence-corrected chi connectivity index (χ3v) is 9.96. The molecule has 0 aromatic rings. The molecule has 7 heteroatoms. The molecule has 0 aliphatic carbocycles. The Balaban J connectivity index is -0.000000807. The van der Waals surface area contributed by atoms with Gasteiger partial charge in [-0.2, -0.15) is 0 Å². The summed E-state index contributed by atoms with van der Waals surface area (Å²) < 4.78 is 0. The number of carbonyl (C=O) groups is 4. The molecule has 0 bridgehead atoms. The Morgan fingerprint density at radius 3 is 0.681 bits per heavy atom. The van der Waals surface area contributed by atoms with Crippen molar-refractivity contribution in [2.24, 2.45) is 10.8 Å². The molecule has 272 valence electrons. The summed E-state index contributed by atoms with van der Waals surface area (Å²) in [5.74, 6) is -2.77. The molecule has 0 unspecified atom stereocenters. The number of ketones is 2. The summed E-state index contributed by atoms with van der Waals surface area (Å²) in [6.45, 7) is 11.6. The number of hydrogen-bond donors (Lipinski definition) is 0. The van der Waals surface area contributed by atoms with E-state index in [2.05, 4.69) is 27.7 Å². The number of Topliss-reactive ketones (excluding diaryl/α,β-unsaturated/α-hetero) is 2. The van der Waals surface area contributed by atoms with Gasteiger partial charge in [-0.15, -0.1) is 0 Å². The Hall–Kier alpha value is -1.10. The van der Waals surface area contributed by atoms with Crippen LogP contribution in [0, 0.1) is 10.8 Å². The molecule has 0 radical (unpaired) electrons. The third-order valence-electron chi connectivity index (χ3n) is 9.96. The van der Waals surface area contributed by atoms with Crippen molar-refractivity contribution in [2.45, 2.75) is 221 Å². The van der Waals surface area contributed by atoms with Gasteiger partial charge in [-0.25, -0.2) is 0 Å². The number of carboxylic acid groups (broad SMARTS) is 2. The summed E-state index contributed by atoms with van der Waals surface area (Å²) in [7, 11) is 0. The van der Waals surface area contributed by atoms with E-state index in [-0.39, 0.29) is 31.0 Å². The van der Waals surface area contributed by atoms with Crippen molar-refractivity contribution < 1.29 is 48.9 Å². The molecule has 0 fully saturated rings. The van der Waals surface area contributed by atoms with E-state index in [9.17, 15) is 29.4 Å². The van der Waals surface area contributed by atoms with E-state index >= 15 is 0 Å². The smallest absolute Gasteiger partial charge is 0.549 e. The SMILES string of the molecule is CCCCCCCCC(CCCCCCCC)(C(C)=O)C(=O)[O-].CCCCCCCCC(CCCCCCCC)(C(C)=O)C(=O)[O-].[Zn+2]. The van der Waals surface area contributed by atoms with E-state index in [1.54, 1.807) is 0 Å². The average molecular weight is 716 g/mol. The van der Waals surface area contributed by atoms with Gasteiger partial charge in [0.25, 0.3) is 0 Å². The minimum Gasteiger partial charge on any atom is -0.549 e. The quantitative estimate of drug-likeness (QED) is 0.0389. The molecule has 6 nitrogen and oxygen atoms in total. The number of carboxylic acids is 2. The largest absolute Gasteiger partial charge is 2.00 e. The third kappa shape index (κ3) is 23.8. The van der Waals surface area contributed by atoms with Crippen molar-refractivity contribution in [1.29, 1.82) is 0 Å². The standard InChI is InChI=1S/2C20H38O3.Zn/c2*1-4-6-8-10-12-14-16-20(18(3)21,19(22)23)17-15-13-11-9-7-5-2;/h2*4-17H2,1-3H3,(H,22,23);/q;;+2/p-2. The van der Waals surface area contributed by atoms with Gasteiger partial charge in [-0.1, -0.05) is 182 Å². The fourth-order valence-corrected chi connectivity index (χ4v) is 6.48. The monoisotopic (exact) mass is 714 g/mol. The Labute approximate surface area is 303 Å². The molecule has 47 heavy (non-hydrogen) atoms. The number of rotatable bonds is 32. The molecule has 0 saturated carbocycles. The summed E-state index contributed by atoms with van der Waals surface area (Å²) in [6.07, 6.45) is 28.2. The van der Waals surface area contributed by atoms with Crippen LogP contribution < -0.4 is 10.2 Å². The average Bonchev–Trinajstić information content (AvgIpc) is 3.01. The second-order valence-corrected chi connectivity index (χ2v) is 13.9. The first-order chi connectivity index (χ1) is 22.0. The van der Waals surface area contributed by atoms with Crippen LogP contribution in [0.3, 0.4) is 0 Å². The fourth-order valence-electron chi connectivity index (χ4n) is 6.48. The van der Waals surface area contributed by atoms with E-state index in [1.165, 1.54) is 90.9 Å². The van der Waals surface area contributed by atoms with Crippen molar-refractivity contribution in [1.82, 2.24) is 0 Å². The normalized spacial score (nSPS) is 11.4. The molecule has 0 aromatic carbocycles. The Kier molecular flexibility index (Phi) is 35.7. The molecule has 0 aliphatic rings. The molecule has 0 aromatic heterocycles. The van der Waals surface area contributed by atoms with Gasteiger partial charge in [0.05, 0.1) is 22.8 Å². The molecule has 0 N–H and O–H groups in total. The van der Waals surface area contributed by atoms with E-state index in [4.69, 9.17) is 0 Å². The summed E-state index contributed by atoms with van der Waals surface area (Å²) in [6, 6.07) is 0. The van der Waals surface area contributed by atoms with Crippen molar-refractivity contribution in [3.63, 3.8) is 0 Å². The van der Waals surface area contributed by atoms with Crippen molar-refractivity contribution in [3.05, 3.63) is 0 Å². The topological polar surface area (TPSA) is 114 Å². The zero-order chi connectivity index (χ0) is 35.1. The van der Waals surface area contributed by atoms with Gasteiger partial charge in [-0.05, 0) is 39.5 Å². The molecule has 0 rings (SSSR count). The zero-order valence-corrected chi connectivity index (χ0v) is 34.9. The van der Waals surface area contributed by atoms with Crippen LogP contribution in [0.5, 0.6) is 0 Å². The minimum atomic E-state index is -1.24. The molecule has 0 atom stereocenters. The minimum absolute atomic E-state index is 0. The summed E-state index contributed by atoms with van der Waals surface area (Å²) in [4.78, 5) is 47.4. The van der Waals surface area contributed by atoms with Gasteiger partial charge >= 0.3 is 19.5 Å². The second-order valence-electron chi connectivity index (χ2n) is 13.9. The van der Waals surface area contributed by atoms with Crippen LogP contribution in [-0.2, 0) is 38.7 Å². The Bertz CT molecular complexity index is 653. The predicted molar refractivity (Wildman–Crippen MR) is 188 cm³/mol. The van der Waals surface area contributed by atoms with E-state index in [0.717, 1.165) is 77.0 Å². The maximum Gasteiger partial charge on any atom is 2.00 e. The molecule has 0 amide bonds. The maximum atomic E-state index is 12.0. The Morgan fingerprint density at radius 1 is 0.362 bits per heavy atom. The fraction of sp³-hybridized carbons (Fsp3) is 0.900. The van der Waals surface area contributed by atoms with Crippen LogP contribution in [-0.4, -0.2) is 23.5 Å². The Morgan fingerprint density at radius 2 is 0.532 bits per heavy atom. The summed E-state index contributed by atoms with van der Waals surface area (Å²) in [5.41, 5.74) is -2.48. The van der Waals surface area contributed by atoms with Gasteiger partial charge in [-0.3, -0.25) is 9.59 Å². The van der Waals surface area contributed by atoms with Crippen LogP contribution in [0.25, 0.3) is 0 Å². The molecular weight excluding hydrogens is 642 g/mol. The number of unbranched alkanes of at least 4 members (excludes halogenated alkanes) is 20. The van der Waals surface area contributed by atoms with Gasteiger partial charge in [0.15, 0.2) is 0 Å². The van der Waals surface area contributed by atoms with Crippen LogP contribution in [0.1, 0.15) is 221 Å². The number of aliphatic carboxylic acids is 2. The van der Waals surface area contributed by atoms with Gasteiger partial charge in [0.1, 0.15) is 11.6 Å².